The summed E-state index contributed by atoms with van der Waals surface area (Å²) in [4.78, 5) is 34.6. The summed E-state index contributed by atoms with van der Waals surface area (Å²) in [7, 11) is 5.04. The van der Waals surface area contributed by atoms with Crippen LogP contribution in [-0.4, -0.2) is 133 Å². The van der Waals surface area contributed by atoms with Gasteiger partial charge in [0.2, 0.25) is 0 Å². The molecular weight excluding hydrogens is 1550 g/mol. The highest BCUT2D eigenvalue weighted by molar-refractivity contribution is 6.03. The van der Waals surface area contributed by atoms with Crippen LogP contribution in [0.2, 0.25) is 0 Å². The maximum absolute atomic E-state index is 13.8. The van der Waals surface area contributed by atoms with Gasteiger partial charge in [0.25, 0.3) is 0 Å². The van der Waals surface area contributed by atoms with Gasteiger partial charge in [-0.05, 0) is 250 Å². The Kier molecular flexibility index (Phi) is 22.6. The Balaban J connectivity index is 0.000000121. The van der Waals surface area contributed by atoms with E-state index in [4.69, 9.17) is 14.2 Å². The summed E-state index contributed by atoms with van der Waals surface area (Å²) in [5, 5.41) is 65.8. The molecule has 0 amide bonds. The normalized spacial score (nSPS) is 16.9. The second-order valence-electron chi connectivity index (χ2n) is 35.9. The number of aryl methyl sites for hydroxylation is 1. The lowest BCUT2D eigenvalue weighted by Crippen LogP contribution is -2.41. The molecule has 0 saturated heterocycles. The standard InChI is InChI=1S/2C26H28FN3O3.C23H24FN3O3.C22H22FN3/c1-25(2,14-33-4)23-22(16-11-26(3,12-16)24(31)32)19-10-20-15(13-28-29-20)9-21(19)30(23)18-7-5-17(27)6-8-18;1-26(2,14-33-3)24-21(10-15-8-16(9-15)25(31)32)20-12-22-17(13-28-29-22)11-23(20)30(24)19-6-4-18(27)5-7-19;1-23(2,13-30-3)22-17(8-9-21(28)29)18-11-19-14(12-25-26-19)10-20(18)27(22)16-6-4-15(24)5-7-16;1-13(2)22-21(14-4-3-5-14)18-11-19-15(12-24-25-19)10-20(18)26(22)17-8-6-16(23)7-9-17/h5-10,13,16H,11-12,14H2,1-4H3,(H,28,29)(H,31,32);4-7,11-13,15-16H,8-10,14H2,1-3H3,(H,28,29)(H,31,32);4-7,10-12H,8-9,13H2,1-3H3,(H,25,26)(H,28,29);6-14H,3-5H2,1-2H3,(H,24,25). The zero-order chi connectivity index (χ0) is 86.2. The highest BCUT2D eigenvalue weighted by Crippen LogP contribution is 2.57. The van der Waals surface area contributed by atoms with E-state index in [1.54, 1.807) is 88.5 Å². The number of nitrogens with one attached hydrogen (secondary N) is 4. The van der Waals surface area contributed by atoms with Crippen molar-refractivity contribution >= 4 is 105 Å². The highest BCUT2D eigenvalue weighted by Gasteiger charge is 2.50. The number of hydrogen-bond acceptors (Lipinski definition) is 10. The van der Waals surface area contributed by atoms with Crippen LogP contribution in [-0.2, 0) is 57.7 Å². The molecule has 0 spiro atoms. The first-order valence-corrected chi connectivity index (χ1v) is 41.6. The number of aliphatic carboxylic acids is 3. The number of nitrogens with zero attached hydrogens (tertiary/aromatic N) is 8. The van der Waals surface area contributed by atoms with Crippen molar-refractivity contribution < 1.29 is 61.5 Å². The Labute approximate surface area is 702 Å². The van der Waals surface area contributed by atoms with Gasteiger partial charge in [-0.1, -0.05) is 61.8 Å². The van der Waals surface area contributed by atoms with Crippen LogP contribution >= 0.6 is 0 Å². The van der Waals surface area contributed by atoms with Crippen LogP contribution in [0.15, 0.2) is 170 Å². The van der Waals surface area contributed by atoms with Crippen molar-refractivity contribution in [3.63, 3.8) is 0 Å². The molecule has 3 fully saturated rings. The lowest BCUT2D eigenvalue weighted by Gasteiger charge is -2.43. The molecule has 0 bridgehead atoms. The molecule has 8 heterocycles. The van der Waals surface area contributed by atoms with E-state index < -0.39 is 28.7 Å². The van der Waals surface area contributed by atoms with Crippen molar-refractivity contribution in [2.45, 2.75) is 161 Å². The van der Waals surface area contributed by atoms with E-state index in [1.165, 1.54) is 83.4 Å². The van der Waals surface area contributed by atoms with Crippen molar-refractivity contribution in [3.05, 3.63) is 239 Å². The van der Waals surface area contributed by atoms with Gasteiger partial charge < -0.3 is 47.8 Å². The van der Waals surface area contributed by atoms with Crippen molar-refractivity contribution in [2.24, 2.45) is 17.3 Å². The molecule has 0 unspecified atom stereocenters. The largest absolute Gasteiger partial charge is 0.481 e. The molecule has 3 aliphatic carbocycles. The topological polar surface area (TPSA) is 274 Å². The highest BCUT2D eigenvalue weighted by atomic mass is 19.1. The molecule has 3 saturated carbocycles. The zero-order valence-electron chi connectivity index (χ0n) is 70.6. The van der Waals surface area contributed by atoms with Crippen molar-refractivity contribution in [1.29, 1.82) is 0 Å². The molecule has 632 valence electrons. The number of H-pyrrole nitrogens is 4. The number of aromatic amines is 4. The quantitative estimate of drug-likeness (QED) is 0.0294. The fraction of sp³-hybridized carbons (Fsp3) is 0.351. The van der Waals surface area contributed by atoms with E-state index in [-0.39, 0.29) is 52.4 Å². The van der Waals surface area contributed by atoms with E-state index in [2.05, 4.69) is 151 Å². The van der Waals surface area contributed by atoms with Gasteiger partial charge in [-0.3, -0.25) is 34.8 Å². The van der Waals surface area contributed by atoms with E-state index >= 15 is 0 Å². The number of benzene rings is 8. The number of aromatic nitrogens is 12. The third-order valence-electron chi connectivity index (χ3n) is 25.3. The molecule has 122 heavy (non-hydrogen) atoms. The van der Waals surface area contributed by atoms with Gasteiger partial charge >= 0.3 is 17.9 Å². The molecule has 8 aromatic heterocycles. The Bertz CT molecular complexity index is 6600. The third kappa shape index (κ3) is 15.6. The predicted molar refractivity (Wildman–Crippen MR) is 468 cm³/mol. The number of carbonyl (C=O) groups is 3. The number of halogens is 4. The second kappa shape index (κ2) is 33.0. The van der Waals surface area contributed by atoms with E-state index in [0.29, 0.717) is 69.7 Å². The fourth-order valence-corrected chi connectivity index (χ4v) is 19.5. The predicted octanol–water partition coefficient (Wildman–Crippen LogP) is 21.4. The summed E-state index contributed by atoms with van der Waals surface area (Å²) >= 11 is 0. The second-order valence-corrected chi connectivity index (χ2v) is 35.9. The monoisotopic (exact) mass is 1650 g/mol. The van der Waals surface area contributed by atoms with Crippen LogP contribution in [0, 0.1) is 40.5 Å². The summed E-state index contributed by atoms with van der Waals surface area (Å²) in [5.41, 5.74) is 19.0. The van der Waals surface area contributed by atoms with Crippen molar-refractivity contribution in [3.8, 4) is 22.7 Å². The lowest BCUT2D eigenvalue weighted by molar-refractivity contribution is -0.154. The fourth-order valence-electron chi connectivity index (χ4n) is 19.5. The molecule has 16 aromatic rings. The summed E-state index contributed by atoms with van der Waals surface area (Å²) in [6.07, 6.45) is 14.7. The van der Waals surface area contributed by atoms with Crippen LogP contribution in [0.4, 0.5) is 17.6 Å². The molecule has 7 N–H and O–H groups in total. The van der Waals surface area contributed by atoms with Gasteiger partial charge in [0, 0.05) is 133 Å². The van der Waals surface area contributed by atoms with Gasteiger partial charge in [-0.15, -0.1) is 0 Å². The first kappa shape index (κ1) is 83.5. The van der Waals surface area contributed by atoms with Crippen LogP contribution in [0.25, 0.3) is 110 Å². The molecule has 0 radical (unpaired) electrons. The van der Waals surface area contributed by atoms with Gasteiger partial charge in [0.15, 0.2) is 0 Å². The zero-order valence-corrected chi connectivity index (χ0v) is 70.6. The lowest BCUT2D eigenvalue weighted by atomic mass is 9.60. The molecule has 0 atom stereocenters. The average Bonchev–Trinajstić information content (AvgIpc) is 1.54. The minimum Gasteiger partial charge on any atom is -0.481 e. The number of ether oxygens (including phenoxy) is 3. The van der Waals surface area contributed by atoms with Crippen LogP contribution < -0.4 is 0 Å². The summed E-state index contributed by atoms with van der Waals surface area (Å²) in [5.74, 6) is -2.23. The Morgan fingerprint density at radius 1 is 0.475 bits per heavy atom. The Morgan fingerprint density at radius 3 is 1.18 bits per heavy atom. The van der Waals surface area contributed by atoms with Gasteiger partial charge in [-0.25, -0.2) is 17.6 Å². The first-order valence-electron chi connectivity index (χ1n) is 41.6. The molecule has 21 nitrogen and oxygen atoms in total. The molecule has 0 aliphatic heterocycles. The van der Waals surface area contributed by atoms with Gasteiger partial charge in [0.05, 0.1) is 100 Å². The van der Waals surface area contributed by atoms with Crippen LogP contribution in [0.5, 0.6) is 0 Å². The third-order valence-corrected chi connectivity index (χ3v) is 25.3. The maximum Gasteiger partial charge on any atom is 0.309 e. The summed E-state index contributed by atoms with van der Waals surface area (Å²) < 4.78 is 80.3. The SMILES string of the molecule is CC(C)c1c(C2CCC2)c2cc3[nH]ncc3cc2n1-c1ccc(F)cc1.COCC(C)(C)c1c(C2CC(C)(C(=O)O)C2)c2cc3[nH]ncc3cc2n1-c1ccc(F)cc1.COCC(C)(C)c1c(CC2CC(C(=O)O)C2)c2cc3[nH]ncc3cc2n1-c1ccc(F)cc1.COCC(C)(C)c1c(CCC(=O)O)c2cc3[nH]ncc3cc2n1-c1ccc(F)cc1. The van der Waals surface area contributed by atoms with E-state index in [0.717, 1.165) is 134 Å². The minimum absolute atomic E-state index is 0.0135. The van der Waals surface area contributed by atoms with E-state index in [1.807, 2.05) is 37.4 Å². The minimum atomic E-state index is -0.851. The number of hydrogen-bond donors (Lipinski definition) is 7. The Morgan fingerprint density at radius 2 is 0.820 bits per heavy atom. The van der Waals surface area contributed by atoms with Crippen molar-refractivity contribution in [2.75, 3.05) is 41.2 Å². The van der Waals surface area contributed by atoms with Crippen molar-refractivity contribution in [1.82, 2.24) is 59.1 Å². The molecule has 8 aromatic carbocycles. The summed E-state index contributed by atoms with van der Waals surface area (Å²) in [6.45, 7) is 20.5. The summed E-state index contributed by atoms with van der Waals surface area (Å²) in [6, 6.07) is 43.2. The Hall–Kier alpha value is -12.2. The molecule has 19 rings (SSSR count). The number of rotatable bonds is 23. The van der Waals surface area contributed by atoms with E-state index in [9.17, 15) is 47.3 Å². The maximum atomic E-state index is 13.8. The molecule has 25 heteroatoms. The number of carboxylic acids is 3. The molecule has 3 aliphatic rings. The first-order chi connectivity index (χ1) is 58.4. The number of methoxy groups -OCH3 is 3. The van der Waals surface area contributed by atoms with Gasteiger partial charge in [-0.2, -0.15) is 20.4 Å². The smallest absolute Gasteiger partial charge is 0.309 e. The van der Waals surface area contributed by atoms with Gasteiger partial charge in [0.1, 0.15) is 23.3 Å². The average molecular weight is 1660 g/mol. The van der Waals surface area contributed by atoms with Crippen LogP contribution in [0.3, 0.4) is 0 Å². The number of fused-ring (bicyclic) bond motifs is 8. The number of carboxylic acid groups (broad SMARTS) is 3. The van der Waals surface area contributed by atoms with Crippen LogP contribution in [0.1, 0.15) is 176 Å². The molecular formula is C97H102F4N12O9.